The normalized spacial score (nSPS) is 40.1. The molecule has 4 atom stereocenters. The molecule has 17 heavy (non-hydrogen) atoms. The lowest BCUT2D eigenvalue weighted by Crippen LogP contribution is -2.50. The fraction of sp³-hybridized carbons (Fsp3) is 1.00. The summed E-state index contributed by atoms with van der Waals surface area (Å²) in [7, 11) is 6.58. The molecule has 2 fully saturated rings. The van der Waals surface area contributed by atoms with Crippen molar-refractivity contribution in [3.8, 4) is 0 Å². The molecular weight excluding hydrogens is 210 g/mol. The molecule has 0 aromatic rings. The zero-order chi connectivity index (χ0) is 12.4. The van der Waals surface area contributed by atoms with Gasteiger partial charge in [-0.3, -0.25) is 4.90 Å². The van der Waals surface area contributed by atoms with Crippen LogP contribution in [-0.4, -0.2) is 62.2 Å². The first-order valence-electron chi connectivity index (χ1n) is 7.21. The quantitative estimate of drug-likeness (QED) is 0.803. The van der Waals surface area contributed by atoms with Gasteiger partial charge in [0.15, 0.2) is 0 Å². The summed E-state index contributed by atoms with van der Waals surface area (Å²) in [5, 5.41) is 3.53. The van der Waals surface area contributed by atoms with E-state index >= 15 is 0 Å². The van der Waals surface area contributed by atoms with E-state index in [1.165, 1.54) is 38.8 Å². The molecule has 0 amide bonds. The van der Waals surface area contributed by atoms with Crippen molar-refractivity contribution in [1.82, 2.24) is 15.1 Å². The second-order valence-corrected chi connectivity index (χ2v) is 6.21. The first kappa shape index (κ1) is 13.3. The van der Waals surface area contributed by atoms with Gasteiger partial charge < -0.3 is 10.2 Å². The van der Waals surface area contributed by atoms with E-state index in [9.17, 15) is 0 Å². The third-order valence-corrected chi connectivity index (χ3v) is 4.83. The molecule has 0 aromatic heterocycles. The van der Waals surface area contributed by atoms with Crippen molar-refractivity contribution in [3.05, 3.63) is 0 Å². The summed E-state index contributed by atoms with van der Waals surface area (Å²) in [6.07, 6.45) is 5.57. The van der Waals surface area contributed by atoms with Crippen LogP contribution in [0, 0.1) is 5.92 Å². The van der Waals surface area contributed by atoms with Gasteiger partial charge in [-0.1, -0.05) is 19.8 Å². The van der Waals surface area contributed by atoms with Crippen LogP contribution in [0.25, 0.3) is 0 Å². The van der Waals surface area contributed by atoms with E-state index in [4.69, 9.17) is 0 Å². The molecule has 1 aliphatic carbocycles. The van der Waals surface area contributed by atoms with Crippen LogP contribution in [0.2, 0.25) is 0 Å². The van der Waals surface area contributed by atoms with E-state index in [2.05, 4.69) is 43.2 Å². The molecule has 0 radical (unpaired) electrons. The lowest BCUT2D eigenvalue weighted by Gasteiger charge is -2.38. The van der Waals surface area contributed by atoms with Gasteiger partial charge in [-0.05, 0) is 39.9 Å². The molecule has 1 aliphatic heterocycles. The minimum atomic E-state index is 0.719. The summed E-state index contributed by atoms with van der Waals surface area (Å²) in [6.45, 7) is 4.95. The third-order valence-electron chi connectivity index (χ3n) is 4.83. The third kappa shape index (κ3) is 2.83. The van der Waals surface area contributed by atoms with Gasteiger partial charge in [0.05, 0.1) is 0 Å². The highest BCUT2D eigenvalue weighted by atomic mass is 15.3. The molecule has 1 heterocycles. The lowest BCUT2D eigenvalue weighted by molar-refractivity contribution is 0.142. The van der Waals surface area contributed by atoms with Crippen molar-refractivity contribution in [2.45, 2.75) is 50.7 Å². The van der Waals surface area contributed by atoms with Gasteiger partial charge >= 0.3 is 0 Å². The van der Waals surface area contributed by atoms with E-state index in [1.807, 2.05) is 0 Å². The van der Waals surface area contributed by atoms with Crippen molar-refractivity contribution in [2.75, 3.05) is 34.2 Å². The second kappa shape index (κ2) is 5.68. The zero-order valence-electron chi connectivity index (χ0n) is 11.9. The number of hydrogen-bond acceptors (Lipinski definition) is 3. The summed E-state index contributed by atoms with van der Waals surface area (Å²) in [5.74, 6) is 0.810. The predicted molar refractivity (Wildman–Crippen MR) is 73.3 cm³/mol. The van der Waals surface area contributed by atoms with E-state index in [0.29, 0.717) is 0 Å². The summed E-state index contributed by atoms with van der Waals surface area (Å²) < 4.78 is 0. The van der Waals surface area contributed by atoms with Gasteiger partial charge in [0.2, 0.25) is 0 Å². The molecule has 0 bridgehead atoms. The molecule has 100 valence electrons. The molecule has 0 aromatic carbocycles. The zero-order valence-corrected chi connectivity index (χ0v) is 11.9. The molecule has 2 rings (SSSR count). The van der Waals surface area contributed by atoms with E-state index in [0.717, 1.165) is 24.0 Å². The molecule has 3 nitrogen and oxygen atoms in total. The van der Waals surface area contributed by atoms with Crippen LogP contribution < -0.4 is 5.32 Å². The Morgan fingerprint density at radius 2 is 1.82 bits per heavy atom. The molecular formula is C14H29N3. The molecule has 0 spiro atoms. The smallest absolute Gasteiger partial charge is 0.0254 e. The van der Waals surface area contributed by atoms with E-state index in [1.54, 1.807) is 0 Å². The van der Waals surface area contributed by atoms with Gasteiger partial charge in [0.25, 0.3) is 0 Å². The number of nitrogens with zero attached hydrogens (tertiary/aromatic N) is 2. The Kier molecular flexibility index (Phi) is 4.45. The topological polar surface area (TPSA) is 18.5 Å². The number of nitrogens with one attached hydrogen (secondary N) is 1. The van der Waals surface area contributed by atoms with Crippen LogP contribution >= 0.6 is 0 Å². The van der Waals surface area contributed by atoms with E-state index < -0.39 is 0 Å². The number of rotatable bonds is 3. The maximum Gasteiger partial charge on any atom is 0.0254 e. The molecule has 1 saturated carbocycles. The second-order valence-electron chi connectivity index (χ2n) is 6.21. The largest absolute Gasteiger partial charge is 0.315 e. The van der Waals surface area contributed by atoms with Crippen molar-refractivity contribution in [3.63, 3.8) is 0 Å². The molecule has 3 heteroatoms. The Morgan fingerprint density at radius 1 is 1.12 bits per heavy atom. The minimum absolute atomic E-state index is 0.719. The SMILES string of the molecule is CNC1CCCCC1N1CC(C)C(N(C)C)C1. The molecule has 4 unspecified atom stereocenters. The Labute approximate surface area is 107 Å². The lowest BCUT2D eigenvalue weighted by atomic mass is 9.89. The fourth-order valence-corrected chi connectivity index (χ4v) is 3.81. The summed E-state index contributed by atoms with van der Waals surface area (Å²) in [5.41, 5.74) is 0. The fourth-order valence-electron chi connectivity index (χ4n) is 3.81. The van der Waals surface area contributed by atoms with Crippen LogP contribution in [0.3, 0.4) is 0 Å². The summed E-state index contributed by atoms with van der Waals surface area (Å²) in [6, 6.07) is 2.24. The molecule has 1 N–H and O–H groups in total. The highest BCUT2D eigenvalue weighted by Crippen LogP contribution is 2.29. The number of hydrogen-bond donors (Lipinski definition) is 1. The maximum absolute atomic E-state index is 3.53. The Balaban J connectivity index is 1.98. The maximum atomic E-state index is 3.53. The minimum Gasteiger partial charge on any atom is -0.315 e. The van der Waals surface area contributed by atoms with Crippen molar-refractivity contribution < 1.29 is 0 Å². The predicted octanol–water partition coefficient (Wildman–Crippen LogP) is 1.40. The summed E-state index contributed by atoms with van der Waals surface area (Å²) in [4.78, 5) is 5.15. The van der Waals surface area contributed by atoms with Crippen LogP contribution in [0.4, 0.5) is 0 Å². The van der Waals surface area contributed by atoms with Crippen LogP contribution in [0.1, 0.15) is 32.6 Å². The van der Waals surface area contributed by atoms with Crippen molar-refractivity contribution >= 4 is 0 Å². The Hall–Kier alpha value is -0.120. The first-order valence-corrected chi connectivity index (χ1v) is 7.21. The Bertz CT molecular complexity index is 242. The van der Waals surface area contributed by atoms with Crippen LogP contribution in [0.15, 0.2) is 0 Å². The van der Waals surface area contributed by atoms with Crippen LogP contribution in [-0.2, 0) is 0 Å². The molecule has 2 aliphatic rings. The Morgan fingerprint density at radius 3 is 2.41 bits per heavy atom. The first-order chi connectivity index (χ1) is 8.13. The van der Waals surface area contributed by atoms with Gasteiger partial charge in [-0.15, -0.1) is 0 Å². The number of likely N-dealkylation sites (tertiary alicyclic amines) is 1. The van der Waals surface area contributed by atoms with Crippen molar-refractivity contribution in [2.24, 2.45) is 5.92 Å². The van der Waals surface area contributed by atoms with E-state index in [-0.39, 0.29) is 0 Å². The van der Waals surface area contributed by atoms with Gasteiger partial charge in [0.1, 0.15) is 0 Å². The van der Waals surface area contributed by atoms with Gasteiger partial charge in [-0.25, -0.2) is 0 Å². The van der Waals surface area contributed by atoms with Gasteiger partial charge in [-0.2, -0.15) is 0 Å². The average Bonchev–Trinajstić information content (AvgIpc) is 2.71. The van der Waals surface area contributed by atoms with Crippen LogP contribution in [0.5, 0.6) is 0 Å². The van der Waals surface area contributed by atoms with Crippen molar-refractivity contribution in [1.29, 1.82) is 0 Å². The average molecular weight is 239 g/mol. The monoisotopic (exact) mass is 239 g/mol. The highest BCUT2D eigenvalue weighted by molar-refractivity contribution is 4.95. The highest BCUT2D eigenvalue weighted by Gasteiger charge is 2.37. The standard InChI is InChI=1S/C14H29N3/c1-11-9-17(10-14(11)16(3)4)13-8-6-5-7-12(13)15-2/h11-15H,5-10H2,1-4H3. The number of likely N-dealkylation sites (N-methyl/N-ethyl adjacent to an activating group) is 2. The summed E-state index contributed by atoms with van der Waals surface area (Å²) >= 11 is 0. The van der Waals surface area contributed by atoms with Gasteiger partial charge in [0, 0.05) is 31.2 Å². The molecule has 1 saturated heterocycles.